The van der Waals surface area contributed by atoms with Gasteiger partial charge in [0.25, 0.3) is 5.56 Å². The van der Waals surface area contributed by atoms with Crippen LogP contribution in [0.25, 0.3) is 10.9 Å². The molecule has 3 aromatic rings. The van der Waals surface area contributed by atoms with E-state index < -0.39 is 17.9 Å². The fourth-order valence-corrected chi connectivity index (χ4v) is 3.93. The van der Waals surface area contributed by atoms with Crippen molar-refractivity contribution in [3.63, 3.8) is 0 Å². The summed E-state index contributed by atoms with van der Waals surface area (Å²) in [4.78, 5) is 39.8. The molecule has 8 heteroatoms. The van der Waals surface area contributed by atoms with E-state index in [0.29, 0.717) is 35.6 Å². The number of carboxylic acid groups (broad SMARTS) is 1. The van der Waals surface area contributed by atoms with Crippen molar-refractivity contribution in [1.29, 1.82) is 0 Å². The number of benzene rings is 2. The third-order valence-electron chi connectivity index (χ3n) is 5.62. The zero-order chi connectivity index (χ0) is 23.5. The van der Waals surface area contributed by atoms with Crippen LogP contribution in [-0.2, 0) is 9.59 Å². The first-order valence-electron chi connectivity index (χ1n) is 10.8. The molecule has 4 rings (SSSR count). The van der Waals surface area contributed by atoms with Crippen LogP contribution in [0.15, 0.2) is 58.4 Å². The quantitative estimate of drug-likeness (QED) is 0.572. The van der Waals surface area contributed by atoms with Crippen LogP contribution in [0.1, 0.15) is 48.9 Å². The van der Waals surface area contributed by atoms with E-state index in [2.05, 4.69) is 10.1 Å². The number of aromatic nitrogens is 1. The lowest BCUT2D eigenvalue weighted by atomic mass is 9.97. The Morgan fingerprint density at radius 1 is 1.15 bits per heavy atom. The third kappa shape index (κ3) is 4.79. The minimum Gasteiger partial charge on any atom is -0.494 e. The number of hydrazone groups is 1. The van der Waals surface area contributed by atoms with Gasteiger partial charge >= 0.3 is 5.97 Å². The molecule has 1 aliphatic heterocycles. The zero-order valence-corrected chi connectivity index (χ0v) is 18.5. The van der Waals surface area contributed by atoms with Gasteiger partial charge in [-0.05, 0) is 43.0 Å². The molecule has 1 aliphatic rings. The van der Waals surface area contributed by atoms with Gasteiger partial charge in [0.05, 0.1) is 30.3 Å². The molecule has 1 aromatic heterocycles. The van der Waals surface area contributed by atoms with Crippen molar-refractivity contribution in [2.24, 2.45) is 5.10 Å². The van der Waals surface area contributed by atoms with Crippen LogP contribution in [0.5, 0.6) is 5.75 Å². The first kappa shape index (κ1) is 22.3. The van der Waals surface area contributed by atoms with E-state index >= 15 is 0 Å². The van der Waals surface area contributed by atoms with Crippen molar-refractivity contribution in [3.8, 4) is 5.75 Å². The summed E-state index contributed by atoms with van der Waals surface area (Å²) in [6, 6.07) is 14.4. The highest BCUT2D eigenvalue weighted by Gasteiger charge is 2.34. The van der Waals surface area contributed by atoms with E-state index in [4.69, 9.17) is 9.84 Å². The lowest BCUT2D eigenvalue weighted by molar-refractivity contribution is -0.141. The van der Waals surface area contributed by atoms with Crippen molar-refractivity contribution in [2.75, 3.05) is 6.61 Å². The predicted octanol–water partition coefficient (Wildman–Crippen LogP) is 3.78. The topological polar surface area (TPSA) is 112 Å². The molecule has 0 radical (unpaired) electrons. The Kier molecular flexibility index (Phi) is 6.26. The maximum Gasteiger partial charge on any atom is 0.303 e. The molecule has 0 saturated carbocycles. The number of ether oxygens (including phenoxy) is 1. The Bertz CT molecular complexity index is 1290. The van der Waals surface area contributed by atoms with E-state index in [1.54, 1.807) is 12.1 Å². The van der Waals surface area contributed by atoms with Crippen molar-refractivity contribution in [1.82, 2.24) is 9.99 Å². The molecule has 2 aromatic carbocycles. The Morgan fingerprint density at radius 3 is 2.61 bits per heavy atom. The number of aryl methyl sites for hydroxylation is 1. The van der Waals surface area contributed by atoms with Gasteiger partial charge in [0.15, 0.2) is 0 Å². The largest absolute Gasteiger partial charge is 0.494 e. The molecule has 33 heavy (non-hydrogen) atoms. The first-order chi connectivity index (χ1) is 15.9. The van der Waals surface area contributed by atoms with Gasteiger partial charge in [-0.3, -0.25) is 14.4 Å². The number of carbonyl (C=O) groups excluding carboxylic acids is 1. The number of rotatable bonds is 7. The van der Waals surface area contributed by atoms with Gasteiger partial charge < -0.3 is 14.8 Å². The Hall–Kier alpha value is -3.94. The summed E-state index contributed by atoms with van der Waals surface area (Å²) in [6.07, 6.45) is -0.140. The van der Waals surface area contributed by atoms with E-state index in [1.807, 2.05) is 50.2 Å². The molecular weight excluding hydrogens is 422 g/mol. The van der Waals surface area contributed by atoms with Crippen molar-refractivity contribution in [3.05, 3.63) is 75.6 Å². The van der Waals surface area contributed by atoms with E-state index in [0.717, 1.165) is 16.5 Å². The monoisotopic (exact) mass is 447 g/mol. The molecular formula is C25H25N3O5. The number of aromatic amines is 1. The number of hydrogen-bond acceptors (Lipinski definition) is 5. The highest BCUT2D eigenvalue weighted by Crippen LogP contribution is 2.33. The van der Waals surface area contributed by atoms with Crippen LogP contribution >= 0.6 is 0 Å². The average Bonchev–Trinajstić information content (AvgIpc) is 3.23. The van der Waals surface area contributed by atoms with Crippen LogP contribution in [0, 0.1) is 6.92 Å². The molecule has 0 spiro atoms. The van der Waals surface area contributed by atoms with Gasteiger partial charge in [0, 0.05) is 24.5 Å². The fraction of sp³-hybridized carbons (Fsp3) is 0.280. The zero-order valence-electron chi connectivity index (χ0n) is 18.5. The maximum atomic E-state index is 13.0. The van der Waals surface area contributed by atoms with Crippen LogP contribution in [-0.4, -0.2) is 39.3 Å². The summed E-state index contributed by atoms with van der Waals surface area (Å²) < 4.78 is 5.51. The number of H-pyrrole nitrogens is 1. The van der Waals surface area contributed by atoms with Crippen LogP contribution < -0.4 is 10.3 Å². The molecule has 170 valence electrons. The lowest BCUT2D eigenvalue weighted by Crippen LogP contribution is -2.31. The number of fused-ring (bicyclic) bond motifs is 1. The van der Waals surface area contributed by atoms with Crippen LogP contribution in [0.2, 0.25) is 0 Å². The molecule has 0 saturated heterocycles. The van der Waals surface area contributed by atoms with Gasteiger partial charge in [0.2, 0.25) is 5.91 Å². The minimum absolute atomic E-state index is 0.195. The van der Waals surface area contributed by atoms with Crippen molar-refractivity contribution >= 4 is 28.5 Å². The summed E-state index contributed by atoms with van der Waals surface area (Å²) >= 11 is 0. The Labute approximate surface area is 190 Å². The molecule has 2 N–H and O–H groups in total. The second-order valence-corrected chi connectivity index (χ2v) is 8.00. The maximum absolute atomic E-state index is 13.0. The number of carboxylic acids is 1. The summed E-state index contributed by atoms with van der Waals surface area (Å²) in [5.41, 5.74) is 3.35. The average molecular weight is 447 g/mol. The van der Waals surface area contributed by atoms with Gasteiger partial charge in [-0.25, -0.2) is 5.01 Å². The molecule has 0 bridgehead atoms. The number of hydrogen-bond donors (Lipinski definition) is 2. The highest BCUT2D eigenvalue weighted by atomic mass is 16.5. The SMILES string of the molecule is CCOc1ccc2cc([C@H]3CC(c4ccc(C)cc4)=NN3C(=O)CCC(=O)O)c(=O)[nH]c2c1. The van der Waals surface area contributed by atoms with Crippen LogP contribution in [0.3, 0.4) is 0 Å². The number of aliphatic carboxylic acids is 1. The molecule has 0 fully saturated rings. The van der Waals surface area contributed by atoms with Crippen LogP contribution in [0.4, 0.5) is 0 Å². The molecule has 2 heterocycles. The normalized spacial score (nSPS) is 15.5. The molecule has 0 unspecified atom stereocenters. The summed E-state index contributed by atoms with van der Waals surface area (Å²) in [7, 11) is 0. The van der Waals surface area contributed by atoms with Crippen molar-refractivity contribution in [2.45, 2.75) is 39.2 Å². The standard InChI is InChI=1S/C25H25N3O5/c1-3-33-18-9-8-17-12-19(25(32)26-20(17)13-18)22-14-21(16-6-4-15(2)5-7-16)27-28(22)23(29)10-11-24(30)31/h4-9,12-13,22H,3,10-11,14H2,1-2H3,(H,26,32)(H,30,31)/t22-/m1/s1. The number of carbonyl (C=O) groups is 2. The van der Waals surface area contributed by atoms with E-state index in [-0.39, 0.29) is 18.4 Å². The summed E-state index contributed by atoms with van der Waals surface area (Å²) in [5, 5.41) is 15.6. The number of nitrogens with zero attached hydrogens (tertiary/aromatic N) is 2. The van der Waals surface area contributed by atoms with E-state index in [9.17, 15) is 14.4 Å². The molecule has 1 atom stereocenters. The van der Waals surface area contributed by atoms with Gasteiger partial charge in [-0.15, -0.1) is 0 Å². The fourth-order valence-electron chi connectivity index (χ4n) is 3.93. The second-order valence-electron chi connectivity index (χ2n) is 8.00. The lowest BCUT2D eigenvalue weighted by Gasteiger charge is -2.21. The Balaban J connectivity index is 1.72. The van der Waals surface area contributed by atoms with Gasteiger partial charge in [-0.1, -0.05) is 29.8 Å². The smallest absolute Gasteiger partial charge is 0.303 e. The van der Waals surface area contributed by atoms with Gasteiger partial charge in [-0.2, -0.15) is 5.10 Å². The Morgan fingerprint density at radius 2 is 1.91 bits per heavy atom. The minimum atomic E-state index is -1.06. The first-order valence-corrected chi connectivity index (χ1v) is 10.8. The van der Waals surface area contributed by atoms with Gasteiger partial charge in [0.1, 0.15) is 5.75 Å². The number of nitrogens with one attached hydrogen (secondary N) is 1. The predicted molar refractivity (Wildman–Crippen MR) is 125 cm³/mol. The second kappa shape index (κ2) is 9.28. The third-order valence-corrected chi connectivity index (χ3v) is 5.62. The highest BCUT2D eigenvalue weighted by molar-refractivity contribution is 6.03. The van der Waals surface area contributed by atoms with E-state index in [1.165, 1.54) is 5.01 Å². The molecule has 0 aliphatic carbocycles. The molecule has 8 nitrogen and oxygen atoms in total. The summed E-state index contributed by atoms with van der Waals surface area (Å²) in [5.74, 6) is -0.837. The summed E-state index contributed by atoms with van der Waals surface area (Å²) in [6.45, 7) is 4.39. The number of pyridine rings is 1. The number of amides is 1. The molecule has 1 amide bonds. The van der Waals surface area contributed by atoms with Crippen molar-refractivity contribution < 1.29 is 19.4 Å².